The molecule has 0 aliphatic carbocycles. The molecule has 1 atom stereocenters. The van der Waals surface area contributed by atoms with Gasteiger partial charge in [-0.3, -0.25) is 9.59 Å². The summed E-state index contributed by atoms with van der Waals surface area (Å²) in [6, 6.07) is 7.77. The van der Waals surface area contributed by atoms with Crippen molar-refractivity contribution >= 4 is 27.6 Å². The molecular formula is C22H25FN2O5S. The highest BCUT2D eigenvalue weighted by Crippen LogP contribution is 2.28. The number of hydrogen-bond acceptors (Lipinski definition) is 5. The molecule has 2 aromatic carbocycles. The summed E-state index contributed by atoms with van der Waals surface area (Å²) in [5.74, 6) is -2.24. The van der Waals surface area contributed by atoms with E-state index in [9.17, 15) is 22.4 Å². The Labute approximate surface area is 181 Å². The zero-order chi connectivity index (χ0) is 22.8. The Kier molecular flexibility index (Phi) is 6.76. The second-order valence-electron chi connectivity index (χ2n) is 7.63. The molecule has 1 aliphatic rings. The van der Waals surface area contributed by atoms with Gasteiger partial charge in [-0.05, 0) is 56.9 Å². The van der Waals surface area contributed by atoms with Crippen molar-refractivity contribution in [2.45, 2.75) is 44.6 Å². The van der Waals surface area contributed by atoms with Crippen LogP contribution in [0.3, 0.4) is 0 Å². The number of nitrogens with zero attached hydrogens (tertiary/aromatic N) is 1. The van der Waals surface area contributed by atoms with Gasteiger partial charge in [0.1, 0.15) is 16.8 Å². The zero-order valence-electron chi connectivity index (χ0n) is 17.6. The number of nitrogens with one attached hydrogen (secondary N) is 1. The van der Waals surface area contributed by atoms with E-state index in [-0.39, 0.29) is 13.0 Å². The fraction of sp³-hybridized carbons (Fsp3) is 0.364. The lowest BCUT2D eigenvalue weighted by molar-refractivity contribution is -0.150. The minimum Gasteiger partial charge on any atom is -0.454 e. The third kappa shape index (κ3) is 4.94. The molecule has 166 valence electrons. The van der Waals surface area contributed by atoms with Gasteiger partial charge in [0, 0.05) is 12.2 Å². The summed E-state index contributed by atoms with van der Waals surface area (Å²) in [6.07, 6.45) is 0.672. The number of aryl methyl sites for hydroxylation is 3. The van der Waals surface area contributed by atoms with Crippen LogP contribution in [0.1, 0.15) is 29.5 Å². The number of ether oxygens (including phenoxy) is 1. The summed E-state index contributed by atoms with van der Waals surface area (Å²) in [5, 5.41) is 2.73. The minimum absolute atomic E-state index is 0.0738. The van der Waals surface area contributed by atoms with Crippen LogP contribution in [-0.2, 0) is 24.3 Å². The second kappa shape index (κ2) is 9.15. The Balaban J connectivity index is 1.66. The maximum absolute atomic E-state index is 14.0. The third-order valence-electron chi connectivity index (χ3n) is 5.19. The summed E-state index contributed by atoms with van der Waals surface area (Å²) in [7, 11) is -4.21. The summed E-state index contributed by atoms with van der Waals surface area (Å²) in [4.78, 5) is 24.4. The maximum Gasteiger partial charge on any atom is 0.324 e. The predicted octanol–water partition coefficient (Wildman–Crippen LogP) is 3.09. The van der Waals surface area contributed by atoms with E-state index >= 15 is 0 Å². The molecule has 1 saturated heterocycles. The number of anilines is 1. The molecule has 31 heavy (non-hydrogen) atoms. The number of carbonyl (C=O) groups excluding carboxylic acids is 2. The highest BCUT2D eigenvalue weighted by Gasteiger charge is 2.41. The van der Waals surface area contributed by atoms with E-state index in [1.165, 1.54) is 12.1 Å². The first kappa shape index (κ1) is 22.9. The molecule has 1 N–H and O–H groups in total. The molecular weight excluding hydrogens is 423 g/mol. The molecule has 9 heteroatoms. The van der Waals surface area contributed by atoms with Gasteiger partial charge in [0.25, 0.3) is 5.91 Å². The first-order valence-corrected chi connectivity index (χ1v) is 11.4. The standard InChI is InChI=1S/C22H25FN2O5S/c1-14-11-15(2)21(16(3)12-14)24-20(26)13-30-22(27)18-8-6-10-25(18)31(28,29)19-9-5-4-7-17(19)23/h4-5,7,9,11-12,18H,6,8,10,13H2,1-3H3,(H,24,26)/t18-/m1/s1. The minimum atomic E-state index is -4.21. The largest absolute Gasteiger partial charge is 0.454 e. The molecule has 0 radical (unpaired) electrons. The van der Waals surface area contributed by atoms with Gasteiger partial charge < -0.3 is 10.1 Å². The lowest BCUT2D eigenvalue weighted by atomic mass is 10.1. The summed E-state index contributed by atoms with van der Waals surface area (Å²) in [5.41, 5.74) is 3.48. The van der Waals surface area contributed by atoms with Crippen molar-refractivity contribution in [1.29, 1.82) is 0 Å². The van der Waals surface area contributed by atoms with Gasteiger partial charge >= 0.3 is 5.97 Å². The predicted molar refractivity (Wildman–Crippen MR) is 114 cm³/mol. The highest BCUT2D eigenvalue weighted by molar-refractivity contribution is 7.89. The van der Waals surface area contributed by atoms with Crippen LogP contribution in [0.5, 0.6) is 0 Å². The summed E-state index contributed by atoms with van der Waals surface area (Å²) in [6.45, 7) is 5.22. The quantitative estimate of drug-likeness (QED) is 0.686. The normalized spacial score (nSPS) is 16.8. The number of rotatable bonds is 6. The van der Waals surface area contributed by atoms with E-state index in [0.717, 1.165) is 33.1 Å². The van der Waals surface area contributed by atoms with Gasteiger partial charge in [0.15, 0.2) is 6.61 Å². The molecule has 1 amide bonds. The maximum atomic E-state index is 14.0. The lowest BCUT2D eigenvalue weighted by Gasteiger charge is -2.23. The topological polar surface area (TPSA) is 92.8 Å². The lowest BCUT2D eigenvalue weighted by Crippen LogP contribution is -2.42. The number of sulfonamides is 1. The molecule has 7 nitrogen and oxygen atoms in total. The molecule has 0 bridgehead atoms. The third-order valence-corrected chi connectivity index (χ3v) is 7.13. The number of halogens is 1. The van der Waals surface area contributed by atoms with E-state index in [1.54, 1.807) is 0 Å². The van der Waals surface area contributed by atoms with Crippen molar-refractivity contribution in [3.8, 4) is 0 Å². The van der Waals surface area contributed by atoms with E-state index in [0.29, 0.717) is 12.1 Å². The molecule has 0 spiro atoms. The van der Waals surface area contributed by atoms with Crippen molar-refractivity contribution in [3.05, 3.63) is 58.9 Å². The van der Waals surface area contributed by atoms with Gasteiger partial charge in [0.05, 0.1) is 0 Å². The van der Waals surface area contributed by atoms with E-state index in [2.05, 4.69) is 5.32 Å². The molecule has 1 heterocycles. The van der Waals surface area contributed by atoms with Crippen LogP contribution in [-0.4, -0.2) is 43.8 Å². The van der Waals surface area contributed by atoms with E-state index < -0.39 is 45.3 Å². The molecule has 0 aromatic heterocycles. The van der Waals surface area contributed by atoms with Crippen LogP contribution in [0.15, 0.2) is 41.3 Å². The molecule has 3 rings (SSSR count). The van der Waals surface area contributed by atoms with Crippen LogP contribution in [0.25, 0.3) is 0 Å². The number of amides is 1. The number of carbonyl (C=O) groups is 2. The second-order valence-corrected chi connectivity index (χ2v) is 9.49. The van der Waals surface area contributed by atoms with Crippen LogP contribution < -0.4 is 5.32 Å². The van der Waals surface area contributed by atoms with Gasteiger partial charge in [0.2, 0.25) is 10.0 Å². The Morgan fingerprint density at radius 1 is 1.16 bits per heavy atom. The van der Waals surface area contributed by atoms with E-state index in [4.69, 9.17) is 4.74 Å². The Morgan fingerprint density at radius 3 is 2.45 bits per heavy atom. The van der Waals surface area contributed by atoms with Gasteiger partial charge in [-0.2, -0.15) is 4.31 Å². The monoisotopic (exact) mass is 448 g/mol. The van der Waals surface area contributed by atoms with Crippen LogP contribution in [0, 0.1) is 26.6 Å². The van der Waals surface area contributed by atoms with Gasteiger partial charge in [-0.25, -0.2) is 12.8 Å². The van der Waals surface area contributed by atoms with Crippen molar-refractivity contribution in [2.75, 3.05) is 18.5 Å². The number of esters is 1. The average Bonchev–Trinajstić information content (AvgIpc) is 3.20. The van der Waals surface area contributed by atoms with Crippen LogP contribution in [0.4, 0.5) is 10.1 Å². The van der Waals surface area contributed by atoms with Crippen LogP contribution in [0.2, 0.25) is 0 Å². The molecule has 0 unspecified atom stereocenters. The Morgan fingerprint density at radius 2 is 1.81 bits per heavy atom. The van der Waals surface area contributed by atoms with Crippen molar-refractivity contribution in [3.63, 3.8) is 0 Å². The first-order chi connectivity index (χ1) is 14.6. The highest BCUT2D eigenvalue weighted by atomic mass is 32.2. The smallest absolute Gasteiger partial charge is 0.324 e. The fourth-order valence-electron chi connectivity index (χ4n) is 3.83. The first-order valence-electron chi connectivity index (χ1n) is 9.92. The summed E-state index contributed by atoms with van der Waals surface area (Å²) >= 11 is 0. The number of hydrogen-bond donors (Lipinski definition) is 1. The zero-order valence-corrected chi connectivity index (χ0v) is 18.5. The Hall–Kier alpha value is -2.78. The van der Waals surface area contributed by atoms with Gasteiger partial charge in [-0.1, -0.05) is 29.8 Å². The van der Waals surface area contributed by atoms with Gasteiger partial charge in [-0.15, -0.1) is 0 Å². The average molecular weight is 449 g/mol. The SMILES string of the molecule is Cc1cc(C)c(NC(=O)COC(=O)[C@H]2CCCN2S(=O)(=O)c2ccccc2F)c(C)c1. The summed E-state index contributed by atoms with van der Waals surface area (Å²) < 4.78 is 45.8. The van der Waals surface area contributed by atoms with Crippen molar-refractivity contribution in [2.24, 2.45) is 0 Å². The van der Waals surface area contributed by atoms with Crippen LogP contribution >= 0.6 is 0 Å². The van der Waals surface area contributed by atoms with Crippen molar-refractivity contribution < 1.29 is 27.1 Å². The van der Waals surface area contributed by atoms with E-state index in [1.807, 2.05) is 32.9 Å². The van der Waals surface area contributed by atoms with Crippen molar-refractivity contribution in [1.82, 2.24) is 4.31 Å². The molecule has 1 aliphatic heterocycles. The fourth-order valence-corrected chi connectivity index (χ4v) is 5.54. The molecule has 2 aromatic rings. The number of benzene rings is 2. The molecule has 1 fully saturated rings. The molecule has 0 saturated carbocycles. The Bertz CT molecular complexity index is 1090.